The van der Waals surface area contributed by atoms with E-state index in [1.54, 1.807) is 6.92 Å². The number of aliphatic hydroxyl groups is 1. The van der Waals surface area contributed by atoms with Crippen molar-refractivity contribution in [3.8, 4) is 0 Å². The maximum absolute atomic E-state index is 9.02. The largest absolute Gasteiger partial charge is 0.389 e. The van der Waals surface area contributed by atoms with E-state index in [0.29, 0.717) is 0 Å². The molecule has 1 heteroatoms. The van der Waals surface area contributed by atoms with Crippen LogP contribution >= 0.6 is 0 Å². The number of aliphatic hydroxyl groups excluding tert-OH is 1. The Morgan fingerprint density at radius 1 is 1.60 bits per heavy atom. The lowest BCUT2D eigenvalue weighted by Gasteiger charge is -2.00. The highest BCUT2D eigenvalue weighted by atomic mass is 16.3. The second-order valence-corrected chi connectivity index (χ2v) is 2.42. The summed E-state index contributed by atoms with van der Waals surface area (Å²) in [6.45, 7) is 5.78. The highest BCUT2D eigenvalue weighted by molar-refractivity contribution is 5.12. The molecular weight excluding hydrogens is 124 g/mol. The van der Waals surface area contributed by atoms with Gasteiger partial charge in [0.25, 0.3) is 0 Å². The molecule has 0 aromatic heterocycles. The van der Waals surface area contributed by atoms with Gasteiger partial charge >= 0.3 is 0 Å². The molecule has 0 saturated heterocycles. The van der Waals surface area contributed by atoms with E-state index in [2.05, 4.69) is 13.0 Å². The average molecular weight is 140 g/mol. The van der Waals surface area contributed by atoms with Crippen molar-refractivity contribution in [1.29, 1.82) is 0 Å². The summed E-state index contributed by atoms with van der Waals surface area (Å²) in [5.74, 6) is 0. The number of allylic oxidation sites excluding steroid dienone is 3. The fourth-order valence-corrected chi connectivity index (χ4v) is 0.495. The van der Waals surface area contributed by atoms with E-state index in [-0.39, 0.29) is 6.10 Å². The molecule has 0 saturated carbocycles. The molecule has 0 aromatic rings. The van der Waals surface area contributed by atoms with Crippen LogP contribution in [0.2, 0.25) is 0 Å². The third kappa shape index (κ3) is 4.33. The molecule has 0 aromatic carbocycles. The van der Waals surface area contributed by atoms with Crippen LogP contribution in [-0.4, -0.2) is 11.2 Å². The van der Waals surface area contributed by atoms with Crippen LogP contribution in [0.4, 0.5) is 0 Å². The average Bonchev–Trinajstić information content (AvgIpc) is 1.88. The zero-order valence-electron chi connectivity index (χ0n) is 6.96. The normalized spacial score (nSPS) is 16.2. The third-order valence-electron chi connectivity index (χ3n) is 1.39. The second kappa shape index (κ2) is 5.24. The van der Waals surface area contributed by atoms with Crippen LogP contribution < -0.4 is 0 Å². The first-order chi connectivity index (χ1) is 4.68. The first-order valence-electron chi connectivity index (χ1n) is 3.69. The van der Waals surface area contributed by atoms with Crippen LogP contribution in [0, 0.1) is 0 Å². The summed E-state index contributed by atoms with van der Waals surface area (Å²) in [5, 5.41) is 9.02. The molecule has 1 N–H and O–H groups in total. The van der Waals surface area contributed by atoms with E-state index in [4.69, 9.17) is 5.11 Å². The van der Waals surface area contributed by atoms with Crippen molar-refractivity contribution in [3.05, 3.63) is 23.8 Å². The molecule has 0 aliphatic heterocycles. The van der Waals surface area contributed by atoms with Crippen molar-refractivity contribution in [2.75, 3.05) is 0 Å². The van der Waals surface area contributed by atoms with Gasteiger partial charge in [-0.2, -0.15) is 0 Å². The minimum atomic E-state index is -0.318. The number of hydrogen-bond donors (Lipinski definition) is 1. The quantitative estimate of drug-likeness (QED) is 0.596. The number of rotatable bonds is 3. The highest BCUT2D eigenvalue weighted by Gasteiger charge is 1.93. The minimum Gasteiger partial charge on any atom is -0.389 e. The Morgan fingerprint density at radius 2 is 2.20 bits per heavy atom. The maximum Gasteiger partial charge on any atom is 0.0722 e. The van der Waals surface area contributed by atoms with Crippen molar-refractivity contribution in [2.45, 2.75) is 33.3 Å². The molecule has 0 rings (SSSR count). The first-order valence-corrected chi connectivity index (χ1v) is 3.69. The topological polar surface area (TPSA) is 20.2 Å². The monoisotopic (exact) mass is 140 g/mol. The van der Waals surface area contributed by atoms with E-state index in [1.165, 1.54) is 0 Å². The second-order valence-electron chi connectivity index (χ2n) is 2.42. The van der Waals surface area contributed by atoms with Gasteiger partial charge in [0.2, 0.25) is 0 Å². The molecule has 10 heavy (non-hydrogen) atoms. The van der Waals surface area contributed by atoms with Gasteiger partial charge in [0.15, 0.2) is 0 Å². The van der Waals surface area contributed by atoms with E-state index in [0.717, 1.165) is 12.0 Å². The zero-order valence-corrected chi connectivity index (χ0v) is 6.96. The molecule has 0 fully saturated rings. The van der Waals surface area contributed by atoms with Crippen molar-refractivity contribution >= 4 is 0 Å². The van der Waals surface area contributed by atoms with E-state index in [9.17, 15) is 0 Å². The standard InChI is InChI=1S/C9H16O/c1-4-5-6-7-8(2)9(3)10/h5-7,9-10H,4H2,1-3H3/b6-5-,8-7-. The Balaban J connectivity index is 3.79. The predicted octanol–water partition coefficient (Wildman–Crippen LogP) is 2.28. The summed E-state index contributed by atoms with van der Waals surface area (Å²) < 4.78 is 0. The van der Waals surface area contributed by atoms with Gasteiger partial charge < -0.3 is 5.11 Å². The SMILES string of the molecule is CC/C=C\C=C(\C)C(C)O. The Morgan fingerprint density at radius 3 is 2.60 bits per heavy atom. The number of hydrogen-bond acceptors (Lipinski definition) is 1. The molecule has 0 aliphatic rings. The Kier molecular flexibility index (Phi) is 4.95. The summed E-state index contributed by atoms with van der Waals surface area (Å²) >= 11 is 0. The van der Waals surface area contributed by atoms with Crippen LogP contribution in [-0.2, 0) is 0 Å². The van der Waals surface area contributed by atoms with Gasteiger partial charge in [0.05, 0.1) is 6.10 Å². The lowest BCUT2D eigenvalue weighted by molar-refractivity contribution is 0.231. The minimum absolute atomic E-state index is 0.318. The molecule has 1 unspecified atom stereocenters. The van der Waals surface area contributed by atoms with Gasteiger partial charge in [0, 0.05) is 0 Å². The molecule has 0 amide bonds. The Hall–Kier alpha value is -0.560. The highest BCUT2D eigenvalue weighted by Crippen LogP contribution is 1.99. The molecular formula is C9H16O. The molecule has 0 bridgehead atoms. The molecule has 0 heterocycles. The van der Waals surface area contributed by atoms with Gasteiger partial charge in [-0.3, -0.25) is 0 Å². The van der Waals surface area contributed by atoms with Gasteiger partial charge in [-0.25, -0.2) is 0 Å². The van der Waals surface area contributed by atoms with Crippen LogP contribution in [0.5, 0.6) is 0 Å². The van der Waals surface area contributed by atoms with Gasteiger partial charge in [-0.05, 0) is 25.8 Å². The van der Waals surface area contributed by atoms with Crippen molar-refractivity contribution in [3.63, 3.8) is 0 Å². The van der Waals surface area contributed by atoms with E-state index in [1.807, 2.05) is 19.1 Å². The predicted molar refractivity (Wildman–Crippen MR) is 44.9 cm³/mol. The summed E-state index contributed by atoms with van der Waals surface area (Å²) in [6.07, 6.45) is 6.70. The fourth-order valence-electron chi connectivity index (χ4n) is 0.495. The van der Waals surface area contributed by atoms with Crippen LogP contribution in [0.1, 0.15) is 27.2 Å². The third-order valence-corrected chi connectivity index (χ3v) is 1.39. The van der Waals surface area contributed by atoms with Crippen LogP contribution in [0.25, 0.3) is 0 Å². The van der Waals surface area contributed by atoms with E-state index < -0.39 is 0 Å². The van der Waals surface area contributed by atoms with Gasteiger partial charge in [-0.15, -0.1) is 0 Å². The lowest BCUT2D eigenvalue weighted by Crippen LogP contribution is -1.99. The van der Waals surface area contributed by atoms with Crippen molar-refractivity contribution in [2.24, 2.45) is 0 Å². The van der Waals surface area contributed by atoms with Crippen LogP contribution in [0.15, 0.2) is 23.8 Å². The fraction of sp³-hybridized carbons (Fsp3) is 0.556. The van der Waals surface area contributed by atoms with Crippen molar-refractivity contribution in [1.82, 2.24) is 0 Å². The summed E-state index contributed by atoms with van der Waals surface area (Å²) in [4.78, 5) is 0. The Bertz CT molecular complexity index is 132. The van der Waals surface area contributed by atoms with Gasteiger partial charge in [0.1, 0.15) is 0 Å². The lowest BCUT2D eigenvalue weighted by atomic mass is 10.2. The molecule has 0 aliphatic carbocycles. The maximum atomic E-state index is 9.02. The molecule has 1 nitrogen and oxygen atoms in total. The zero-order chi connectivity index (χ0) is 7.98. The van der Waals surface area contributed by atoms with Crippen LogP contribution in [0.3, 0.4) is 0 Å². The summed E-state index contributed by atoms with van der Waals surface area (Å²) in [6, 6.07) is 0. The molecule has 1 atom stereocenters. The van der Waals surface area contributed by atoms with Gasteiger partial charge in [-0.1, -0.05) is 25.2 Å². The van der Waals surface area contributed by atoms with E-state index >= 15 is 0 Å². The first kappa shape index (κ1) is 9.44. The summed E-state index contributed by atoms with van der Waals surface area (Å²) in [5.41, 5.74) is 1.00. The summed E-state index contributed by atoms with van der Waals surface area (Å²) in [7, 11) is 0. The van der Waals surface area contributed by atoms with Crippen molar-refractivity contribution < 1.29 is 5.11 Å². The molecule has 0 spiro atoms. The Labute approximate surface area is 63.1 Å². The molecule has 0 radical (unpaired) electrons. The smallest absolute Gasteiger partial charge is 0.0722 e. The molecule has 58 valence electrons.